The molecule has 0 amide bonds. The summed E-state index contributed by atoms with van der Waals surface area (Å²) in [7, 11) is -4.41. The second-order valence-corrected chi connectivity index (χ2v) is 17.8. The Morgan fingerprint density at radius 2 is 0.836 bits per heavy atom. The molecule has 0 aliphatic rings. The SMILES string of the molecule is CC/C=C\C/C=C\C/C=C\C/C=C\C/C=C\C/C=C\C/C=C\C/C=C\C/C=C\CCCC(=O)OC(COC(=O)CCCCCCCCC/C=C\C/C=C\CCCCC)COP(=O)(O)OCCN. The van der Waals surface area contributed by atoms with Crippen LogP contribution in [0.2, 0.25) is 0 Å². The fourth-order valence-electron chi connectivity index (χ4n) is 6.25. The van der Waals surface area contributed by atoms with Gasteiger partial charge in [-0.1, -0.05) is 192 Å². The minimum Gasteiger partial charge on any atom is -0.462 e. The van der Waals surface area contributed by atoms with Gasteiger partial charge in [0.1, 0.15) is 6.61 Å². The van der Waals surface area contributed by atoms with Crippen LogP contribution in [-0.4, -0.2) is 49.3 Å². The fraction of sp³-hybridized carbons (Fsp3) is 0.579. The number of rotatable bonds is 46. The van der Waals surface area contributed by atoms with Crippen molar-refractivity contribution in [3.63, 3.8) is 0 Å². The van der Waals surface area contributed by atoms with Crippen molar-refractivity contribution in [3.05, 3.63) is 134 Å². The molecule has 10 heteroatoms. The van der Waals surface area contributed by atoms with Crippen molar-refractivity contribution in [2.45, 2.75) is 187 Å². The second-order valence-electron chi connectivity index (χ2n) is 16.3. The van der Waals surface area contributed by atoms with Crippen LogP contribution in [0.25, 0.3) is 0 Å². The number of ether oxygens (including phenoxy) is 2. The van der Waals surface area contributed by atoms with Gasteiger partial charge in [-0.15, -0.1) is 0 Å². The summed E-state index contributed by atoms with van der Waals surface area (Å²) in [5, 5.41) is 0. The van der Waals surface area contributed by atoms with Crippen molar-refractivity contribution in [1.82, 2.24) is 0 Å². The molecule has 2 unspecified atom stereocenters. The van der Waals surface area contributed by atoms with Crippen molar-refractivity contribution in [2.24, 2.45) is 5.73 Å². The van der Waals surface area contributed by atoms with Crippen LogP contribution in [0.15, 0.2) is 134 Å². The monoisotopic (exact) mass is 950 g/mol. The van der Waals surface area contributed by atoms with Crippen molar-refractivity contribution in [3.8, 4) is 0 Å². The normalized spacial score (nSPS) is 14.3. The molecule has 9 nitrogen and oxygen atoms in total. The smallest absolute Gasteiger partial charge is 0.462 e. The maximum Gasteiger partial charge on any atom is 0.472 e. The highest BCUT2D eigenvalue weighted by Crippen LogP contribution is 2.43. The van der Waals surface area contributed by atoms with E-state index >= 15 is 0 Å². The van der Waals surface area contributed by atoms with E-state index in [9.17, 15) is 19.0 Å². The van der Waals surface area contributed by atoms with Gasteiger partial charge in [-0.3, -0.25) is 18.6 Å². The molecule has 0 aromatic heterocycles. The lowest BCUT2D eigenvalue weighted by Gasteiger charge is -2.19. The molecule has 0 radical (unpaired) electrons. The van der Waals surface area contributed by atoms with Crippen molar-refractivity contribution in [2.75, 3.05) is 26.4 Å². The molecule has 0 aromatic carbocycles. The Bertz CT molecular complexity index is 1550. The van der Waals surface area contributed by atoms with Gasteiger partial charge in [-0.2, -0.15) is 0 Å². The average molecular weight is 950 g/mol. The quantitative estimate of drug-likeness (QED) is 0.0265. The molecule has 0 fully saturated rings. The van der Waals surface area contributed by atoms with E-state index in [1.54, 1.807) is 0 Å². The zero-order chi connectivity index (χ0) is 48.8. The number of phosphoric acid groups is 1. The summed E-state index contributed by atoms with van der Waals surface area (Å²) >= 11 is 0. The van der Waals surface area contributed by atoms with Gasteiger partial charge in [0.05, 0.1) is 13.2 Å². The summed E-state index contributed by atoms with van der Waals surface area (Å²) in [6.07, 6.45) is 72.1. The largest absolute Gasteiger partial charge is 0.472 e. The first-order valence-electron chi connectivity index (χ1n) is 25.7. The van der Waals surface area contributed by atoms with Crippen LogP contribution in [0.3, 0.4) is 0 Å². The summed E-state index contributed by atoms with van der Waals surface area (Å²) in [6, 6.07) is 0. The number of esters is 2. The van der Waals surface area contributed by atoms with Crippen LogP contribution in [0.5, 0.6) is 0 Å². The highest BCUT2D eigenvalue weighted by molar-refractivity contribution is 7.47. The van der Waals surface area contributed by atoms with Crippen molar-refractivity contribution in [1.29, 1.82) is 0 Å². The van der Waals surface area contributed by atoms with Gasteiger partial charge in [-0.25, -0.2) is 4.57 Å². The third-order valence-electron chi connectivity index (χ3n) is 10.0. The number of hydrogen-bond donors (Lipinski definition) is 2. The van der Waals surface area contributed by atoms with Gasteiger partial charge in [0.15, 0.2) is 6.10 Å². The molecule has 0 aliphatic carbocycles. The standard InChI is InChI=1S/C57H92NO8P/c1-3-5-7-9-11-13-15-17-19-21-22-23-24-25-26-27-28-29-30-31-32-34-36-38-40-42-44-46-48-50-57(60)66-55(54-65-67(61,62)64-52-51-58)53-63-56(59)49-47-45-43-41-39-37-35-33-20-18-16-14-12-10-8-6-4-2/h5,7,11-14,17-20,22-23,25-26,28-29,31-32,36,38,42,44,55H,3-4,6,8-10,15-16,21,24,27,30,33-35,37,39-41,43,45-54,58H2,1-2H3,(H,61,62)/b7-5-,13-11-,14-12-,19-17-,20-18-,23-22-,26-25-,29-28-,32-31-,38-36-,44-42-. The van der Waals surface area contributed by atoms with Gasteiger partial charge in [-0.05, 0) is 109 Å². The Morgan fingerprint density at radius 3 is 1.27 bits per heavy atom. The molecule has 378 valence electrons. The molecule has 3 N–H and O–H groups in total. The molecular formula is C57H92NO8P. The van der Waals surface area contributed by atoms with E-state index < -0.39 is 32.5 Å². The minimum atomic E-state index is -4.41. The molecule has 0 aromatic rings. The predicted molar refractivity (Wildman–Crippen MR) is 284 cm³/mol. The van der Waals surface area contributed by atoms with Gasteiger partial charge in [0, 0.05) is 19.4 Å². The first-order chi connectivity index (χ1) is 32.8. The summed E-state index contributed by atoms with van der Waals surface area (Å²) in [5.74, 6) is -0.919. The Balaban J connectivity index is 4.23. The van der Waals surface area contributed by atoms with Crippen LogP contribution in [0.1, 0.15) is 181 Å². The Hall–Kier alpha value is -3.85. The lowest BCUT2D eigenvalue weighted by atomic mass is 10.1. The Kier molecular flexibility index (Phi) is 48.6. The Morgan fingerprint density at radius 1 is 0.463 bits per heavy atom. The van der Waals surface area contributed by atoms with E-state index in [1.165, 1.54) is 44.9 Å². The van der Waals surface area contributed by atoms with E-state index in [0.29, 0.717) is 19.3 Å². The molecule has 67 heavy (non-hydrogen) atoms. The minimum absolute atomic E-state index is 0.0352. The lowest BCUT2D eigenvalue weighted by molar-refractivity contribution is -0.161. The van der Waals surface area contributed by atoms with Crippen LogP contribution in [-0.2, 0) is 32.7 Å². The number of hydrogen-bond acceptors (Lipinski definition) is 8. The van der Waals surface area contributed by atoms with E-state index in [-0.39, 0.29) is 32.6 Å². The van der Waals surface area contributed by atoms with Crippen molar-refractivity contribution >= 4 is 19.8 Å². The molecule has 0 saturated carbocycles. The third-order valence-corrected chi connectivity index (χ3v) is 11.0. The molecule has 0 aliphatic heterocycles. The maximum atomic E-state index is 12.6. The molecule has 0 bridgehead atoms. The zero-order valence-electron chi connectivity index (χ0n) is 41.8. The van der Waals surface area contributed by atoms with E-state index in [1.807, 2.05) is 6.08 Å². The van der Waals surface area contributed by atoms with Gasteiger partial charge >= 0.3 is 19.8 Å². The highest BCUT2D eigenvalue weighted by Gasteiger charge is 2.26. The topological polar surface area (TPSA) is 134 Å². The molecule has 0 spiro atoms. The fourth-order valence-corrected chi connectivity index (χ4v) is 7.02. The highest BCUT2D eigenvalue weighted by atomic mass is 31.2. The Labute approximate surface area is 408 Å². The predicted octanol–water partition coefficient (Wildman–Crippen LogP) is 15.8. The molecule has 0 saturated heterocycles. The van der Waals surface area contributed by atoms with Gasteiger partial charge < -0.3 is 20.1 Å². The maximum absolute atomic E-state index is 12.6. The lowest BCUT2D eigenvalue weighted by Crippen LogP contribution is -2.29. The van der Waals surface area contributed by atoms with E-state index in [0.717, 1.165) is 89.9 Å². The van der Waals surface area contributed by atoms with E-state index in [4.69, 9.17) is 24.3 Å². The number of allylic oxidation sites excluding steroid dienone is 22. The molecule has 0 rings (SSSR count). The summed E-state index contributed by atoms with van der Waals surface area (Å²) in [5.41, 5.74) is 5.36. The number of unbranched alkanes of at least 4 members (excludes halogenated alkanes) is 11. The second kappa shape index (κ2) is 51.5. The zero-order valence-corrected chi connectivity index (χ0v) is 42.7. The van der Waals surface area contributed by atoms with Crippen LogP contribution >= 0.6 is 7.82 Å². The van der Waals surface area contributed by atoms with Gasteiger partial charge in [0.25, 0.3) is 0 Å². The number of nitrogens with two attached hydrogens (primary N) is 1. The number of carbonyl (C=O) groups excluding carboxylic acids is 2. The first kappa shape index (κ1) is 63.1. The number of phosphoric ester groups is 1. The average Bonchev–Trinajstić information content (AvgIpc) is 3.32. The van der Waals surface area contributed by atoms with Crippen LogP contribution < -0.4 is 5.73 Å². The molecular weight excluding hydrogens is 858 g/mol. The summed E-state index contributed by atoms with van der Waals surface area (Å²) < 4.78 is 32.8. The first-order valence-corrected chi connectivity index (χ1v) is 27.2. The van der Waals surface area contributed by atoms with Crippen LogP contribution in [0.4, 0.5) is 0 Å². The summed E-state index contributed by atoms with van der Waals surface area (Å²) in [6.45, 7) is 3.50. The van der Waals surface area contributed by atoms with Gasteiger partial charge in [0.2, 0.25) is 0 Å². The van der Waals surface area contributed by atoms with E-state index in [2.05, 4.69) is 141 Å². The third kappa shape index (κ3) is 51.4. The molecule has 2 atom stereocenters. The van der Waals surface area contributed by atoms with Crippen molar-refractivity contribution < 1.29 is 37.6 Å². The summed E-state index contributed by atoms with van der Waals surface area (Å²) in [4.78, 5) is 35.0. The van der Waals surface area contributed by atoms with Crippen LogP contribution in [0, 0.1) is 0 Å². The number of carbonyl (C=O) groups is 2. The molecule has 0 heterocycles.